The summed E-state index contributed by atoms with van der Waals surface area (Å²) in [4.78, 5) is 0. The quantitative estimate of drug-likeness (QED) is 0.227. The summed E-state index contributed by atoms with van der Waals surface area (Å²) in [6, 6.07) is 14.3. The van der Waals surface area contributed by atoms with E-state index in [1.165, 1.54) is 0 Å². The molecular formula is C30H37O5P2+. The Morgan fingerprint density at radius 1 is 0.730 bits per heavy atom. The first-order valence-electron chi connectivity index (χ1n) is 12.7. The van der Waals surface area contributed by atoms with Crippen LogP contribution in [-0.4, -0.2) is 5.34 Å². The lowest BCUT2D eigenvalue weighted by atomic mass is 9.97. The Morgan fingerprint density at radius 2 is 1.19 bits per heavy atom. The zero-order valence-corrected chi connectivity index (χ0v) is 24.9. The van der Waals surface area contributed by atoms with Crippen LogP contribution in [0.4, 0.5) is 0 Å². The SMILES string of the molecule is CCC(CC)(Oc1c(C)cccc1C)[P+](=O)Oc1c(C)cc(Cc2cc(C)c(OP=O)c(C)c2)cc1C. The number of ether oxygens (including phenoxy) is 1. The molecule has 0 aliphatic rings. The molecule has 1 unspecified atom stereocenters. The third kappa shape index (κ3) is 6.40. The van der Waals surface area contributed by atoms with Crippen LogP contribution in [0, 0.1) is 41.5 Å². The molecule has 3 aromatic carbocycles. The molecule has 0 N–H and O–H groups in total. The Kier molecular flexibility index (Phi) is 9.51. The Bertz CT molecular complexity index is 1250. The molecule has 196 valence electrons. The predicted molar refractivity (Wildman–Crippen MR) is 151 cm³/mol. The predicted octanol–water partition coefficient (Wildman–Crippen LogP) is 9.43. The van der Waals surface area contributed by atoms with Crippen molar-refractivity contribution in [3.05, 3.63) is 87.0 Å². The van der Waals surface area contributed by atoms with Crippen molar-refractivity contribution in [1.29, 1.82) is 0 Å². The fourth-order valence-corrected chi connectivity index (χ4v) is 6.52. The van der Waals surface area contributed by atoms with Crippen LogP contribution in [0.5, 0.6) is 17.2 Å². The van der Waals surface area contributed by atoms with Gasteiger partial charge in [0.2, 0.25) is 0 Å². The van der Waals surface area contributed by atoms with Crippen molar-refractivity contribution in [3.63, 3.8) is 0 Å². The van der Waals surface area contributed by atoms with Crippen molar-refractivity contribution < 1.29 is 22.9 Å². The van der Waals surface area contributed by atoms with E-state index >= 15 is 0 Å². The lowest BCUT2D eigenvalue weighted by Crippen LogP contribution is -2.32. The van der Waals surface area contributed by atoms with Crippen LogP contribution < -0.4 is 13.8 Å². The minimum absolute atomic E-state index is 0.354. The van der Waals surface area contributed by atoms with Crippen molar-refractivity contribution in [2.45, 2.75) is 80.0 Å². The van der Waals surface area contributed by atoms with Crippen molar-refractivity contribution in [1.82, 2.24) is 0 Å². The van der Waals surface area contributed by atoms with Gasteiger partial charge in [-0.25, -0.2) is 4.57 Å². The van der Waals surface area contributed by atoms with Gasteiger partial charge in [0.15, 0.2) is 5.75 Å². The zero-order valence-electron chi connectivity index (χ0n) is 23.1. The topological polar surface area (TPSA) is 61.8 Å². The van der Waals surface area contributed by atoms with Crippen molar-refractivity contribution >= 4 is 16.7 Å². The molecule has 37 heavy (non-hydrogen) atoms. The van der Waals surface area contributed by atoms with E-state index in [2.05, 4.69) is 24.3 Å². The molecule has 0 amide bonds. The summed E-state index contributed by atoms with van der Waals surface area (Å²) >= 11 is 0. The average Bonchev–Trinajstić information content (AvgIpc) is 2.84. The molecule has 0 aliphatic heterocycles. The van der Waals surface area contributed by atoms with Crippen LogP contribution in [0.15, 0.2) is 42.5 Å². The van der Waals surface area contributed by atoms with E-state index in [0.29, 0.717) is 24.3 Å². The van der Waals surface area contributed by atoms with Gasteiger partial charge >= 0.3 is 22.1 Å². The highest BCUT2D eigenvalue weighted by atomic mass is 31.1. The Labute approximate surface area is 223 Å². The molecule has 1 atom stereocenters. The van der Waals surface area contributed by atoms with E-state index in [4.69, 9.17) is 13.8 Å². The number of rotatable bonds is 11. The molecule has 7 heteroatoms. The summed E-state index contributed by atoms with van der Waals surface area (Å²) in [6.45, 7) is 15.9. The van der Waals surface area contributed by atoms with Crippen LogP contribution in [-0.2, 0) is 15.6 Å². The summed E-state index contributed by atoms with van der Waals surface area (Å²) in [5.41, 5.74) is 8.08. The molecule has 0 aliphatic carbocycles. The third-order valence-electron chi connectivity index (χ3n) is 6.89. The fraction of sp³-hybridized carbons (Fsp3) is 0.400. The summed E-state index contributed by atoms with van der Waals surface area (Å²) in [7, 11) is -2.53. The molecule has 0 bridgehead atoms. The molecule has 0 radical (unpaired) electrons. The first kappa shape index (κ1) is 28.8. The first-order valence-corrected chi connectivity index (χ1v) is 14.6. The van der Waals surface area contributed by atoms with E-state index in [1.807, 2.05) is 73.6 Å². The molecule has 0 aromatic heterocycles. The van der Waals surface area contributed by atoms with Crippen molar-refractivity contribution in [2.24, 2.45) is 0 Å². The van der Waals surface area contributed by atoms with Crippen molar-refractivity contribution in [3.8, 4) is 17.2 Å². The van der Waals surface area contributed by atoms with E-state index in [0.717, 1.165) is 56.7 Å². The maximum Gasteiger partial charge on any atom is 0.604 e. The number of aryl methyl sites for hydroxylation is 6. The van der Waals surface area contributed by atoms with E-state index in [1.54, 1.807) is 0 Å². The van der Waals surface area contributed by atoms with Gasteiger partial charge in [-0.05, 0) is 97.0 Å². The molecule has 0 spiro atoms. The van der Waals surface area contributed by atoms with Gasteiger partial charge < -0.3 is 9.26 Å². The Balaban J connectivity index is 1.86. The van der Waals surface area contributed by atoms with Gasteiger partial charge in [-0.2, -0.15) is 0 Å². The number of benzene rings is 3. The van der Waals surface area contributed by atoms with Gasteiger partial charge in [0.05, 0.1) is 0 Å². The first-order chi connectivity index (χ1) is 17.5. The number of hydrogen-bond donors (Lipinski definition) is 0. The van der Waals surface area contributed by atoms with E-state index < -0.39 is 13.4 Å². The number of para-hydroxylation sites is 1. The third-order valence-corrected chi connectivity index (χ3v) is 8.88. The van der Waals surface area contributed by atoms with E-state index in [9.17, 15) is 9.13 Å². The normalized spacial score (nSPS) is 11.9. The van der Waals surface area contributed by atoms with Crippen LogP contribution in [0.1, 0.15) is 71.2 Å². The van der Waals surface area contributed by atoms with Crippen LogP contribution in [0.3, 0.4) is 0 Å². The summed E-state index contributed by atoms with van der Waals surface area (Å²) in [6.07, 6.45) is 1.86. The smallest absolute Gasteiger partial charge is 0.441 e. The van der Waals surface area contributed by atoms with Gasteiger partial charge in [0.1, 0.15) is 11.5 Å². The summed E-state index contributed by atoms with van der Waals surface area (Å²) in [5, 5.41) is -0.924. The van der Waals surface area contributed by atoms with E-state index in [-0.39, 0.29) is 8.69 Å². The molecule has 3 rings (SSSR count). The second kappa shape index (κ2) is 12.2. The standard InChI is InChI=1S/C30H37O5P2/c1-9-30(10-2,33-27-19(3)12-11-13-20(27)4)37(32)35-29-23(7)16-26(17-24(29)8)18-25-14-21(5)28(34-36-31)22(6)15-25/h11-17H,9-10,18H2,1-8H3/q+1. The highest BCUT2D eigenvalue weighted by molar-refractivity contribution is 7.41. The largest absolute Gasteiger partial charge is 0.604 e. The van der Waals surface area contributed by atoms with Crippen LogP contribution in [0.25, 0.3) is 0 Å². The van der Waals surface area contributed by atoms with Crippen LogP contribution in [0.2, 0.25) is 0 Å². The second-order valence-corrected chi connectivity index (χ2v) is 11.6. The monoisotopic (exact) mass is 539 g/mol. The lowest BCUT2D eigenvalue weighted by molar-refractivity contribution is 0.133. The molecule has 5 nitrogen and oxygen atoms in total. The van der Waals surface area contributed by atoms with Gasteiger partial charge in [-0.3, -0.25) is 4.52 Å². The molecule has 0 heterocycles. The van der Waals surface area contributed by atoms with Gasteiger partial charge in [0.25, 0.3) is 0 Å². The molecule has 0 fully saturated rings. The van der Waals surface area contributed by atoms with Gasteiger partial charge in [-0.1, -0.05) is 56.3 Å². The lowest BCUT2D eigenvalue weighted by Gasteiger charge is -2.24. The maximum atomic E-state index is 13.7. The Hall–Kier alpha value is -2.74. The number of hydrogen-bond acceptors (Lipinski definition) is 5. The maximum absolute atomic E-state index is 13.7. The minimum Gasteiger partial charge on any atom is -0.441 e. The highest BCUT2D eigenvalue weighted by Gasteiger charge is 2.53. The molecule has 0 saturated heterocycles. The summed E-state index contributed by atoms with van der Waals surface area (Å²) in [5.74, 6) is 2.07. The highest BCUT2D eigenvalue weighted by Crippen LogP contribution is 2.49. The molecule has 3 aromatic rings. The minimum atomic E-state index is -2.17. The zero-order chi connectivity index (χ0) is 27.3. The summed E-state index contributed by atoms with van der Waals surface area (Å²) < 4.78 is 42.5. The van der Waals surface area contributed by atoms with Crippen molar-refractivity contribution in [2.75, 3.05) is 0 Å². The fourth-order valence-electron chi connectivity index (χ4n) is 4.85. The second-order valence-electron chi connectivity index (χ2n) is 9.78. The molecule has 0 saturated carbocycles. The van der Waals surface area contributed by atoms with Crippen LogP contribution >= 0.6 is 16.7 Å². The Morgan fingerprint density at radius 3 is 1.62 bits per heavy atom. The van der Waals surface area contributed by atoms with Gasteiger partial charge in [-0.15, -0.1) is 0 Å². The average molecular weight is 540 g/mol. The van der Waals surface area contributed by atoms with Gasteiger partial charge in [0, 0.05) is 12.8 Å². The molecular weight excluding hydrogens is 502 g/mol.